The largest absolute Gasteiger partial charge is 0.356 e. The van der Waals surface area contributed by atoms with Gasteiger partial charge in [0, 0.05) is 11.4 Å². The highest BCUT2D eigenvalue weighted by atomic mass is 14.9. The lowest BCUT2D eigenvalue weighted by atomic mass is 9.95. The lowest BCUT2D eigenvalue weighted by Crippen LogP contribution is -2.02. The molecule has 16 heavy (non-hydrogen) atoms. The molecule has 2 radical (unpaired) electrons. The molecule has 2 heteroatoms. The van der Waals surface area contributed by atoms with Gasteiger partial charge in [0.2, 0.25) is 0 Å². The van der Waals surface area contributed by atoms with Crippen LogP contribution in [-0.2, 0) is 0 Å². The molecule has 1 nitrogen and oxygen atoms in total. The second-order valence-corrected chi connectivity index (χ2v) is 3.59. The summed E-state index contributed by atoms with van der Waals surface area (Å²) in [6, 6.07) is 17.6. The number of hydrogen-bond donors (Lipinski definition) is 1. The number of anilines is 1. The number of benzene rings is 2. The van der Waals surface area contributed by atoms with Crippen LogP contribution in [0.5, 0.6) is 0 Å². The standard InChI is InChI=1S/C14H12BN/c1-11(12-7-9-13(15)10-8-12)16-14-5-3-2-4-6-14/h2-10,16H,1H2. The van der Waals surface area contributed by atoms with Crippen LogP contribution in [0.15, 0.2) is 61.2 Å². The molecule has 0 aliphatic carbocycles. The summed E-state index contributed by atoms with van der Waals surface area (Å²) in [6.07, 6.45) is 0. The number of nitrogens with one attached hydrogen (secondary N) is 1. The molecule has 0 atom stereocenters. The molecule has 0 aromatic heterocycles. The molecule has 0 saturated heterocycles. The molecule has 0 bridgehead atoms. The normalized spacial score (nSPS) is 9.75. The monoisotopic (exact) mass is 205 g/mol. The number of rotatable bonds is 3. The Hall–Kier alpha value is -1.96. The summed E-state index contributed by atoms with van der Waals surface area (Å²) < 4.78 is 0. The minimum Gasteiger partial charge on any atom is -0.356 e. The maximum atomic E-state index is 5.63. The molecule has 2 rings (SSSR count). The Kier molecular flexibility index (Phi) is 3.11. The van der Waals surface area contributed by atoms with Gasteiger partial charge in [-0.1, -0.05) is 54.5 Å². The van der Waals surface area contributed by atoms with Crippen molar-refractivity contribution in [3.8, 4) is 0 Å². The van der Waals surface area contributed by atoms with Crippen LogP contribution in [0.2, 0.25) is 0 Å². The molecular weight excluding hydrogens is 193 g/mol. The summed E-state index contributed by atoms with van der Waals surface area (Å²) in [7, 11) is 5.63. The van der Waals surface area contributed by atoms with E-state index in [-0.39, 0.29) is 0 Å². The van der Waals surface area contributed by atoms with E-state index >= 15 is 0 Å². The topological polar surface area (TPSA) is 12.0 Å². The van der Waals surface area contributed by atoms with Crippen molar-refractivity contribution in [2.24, 2.45) is 0 Å². The maximum Gasteiger partial charge on any atom is 0.113 e. The van der Waals surface area contributed by atoms with Crippen LogP contribution < -0.4 is 10.8 Å². The third-order valence-electron chi connectivity index (χ3n) is 2.33. The second-order valence-electron chi connectivity index (χ2n) is 3.59. The van der Waals surface area contributed by atoms with Crippen molar-refractivity contribution in [3.05, 3.63) is 66.7 Å². The van der Waals surface area contributed by atoms with E-state index in [0.29, 0.717) is 0 Å². The highest BCUT2D eigenvalue weighted by Gasteiger charge is 1.98. The molecule has 2 aromatic carbocycles. The Bertz CT molecular complexity index is 474. The first-order valence-corrected chi connectivity index (χ1v) is 5.12. The quantitative estimate of drug-likeness (QED) is 0.759. The van der Waals surface area contributed by atoms with Gasteiger partial charge in [-0.25, -0.2) is 0 Å². The molecule has 1 N–H and O–H groups in total. The molecule has 76 valence electrons. The first-order valence-electron chi connectivity index (χ1n) is 5.12. The van der Waals surface area contributed by atoms with E-state index in [1.165, 1.54) is 0 Å². The van der Waals surface area contributed by atoms with Gasteiger partial charge in [-0.3, -0.25) is 0 Å². The molecule has 2 aromatic rings. The molecular formula is C14H12BN. The fourth-order valence-corrected chi connectivity index (χ4v) is 1.45. The van der Waals surface area contributed by atoms with Crippen molar-refractivity contribution in [3.63, 3.8) is 0 Å². The minimum atomic E-state index is 0.760. The summed E-state index contributed by atoms with van der Waals surface area (Å²) in [6.45, 7) is 4.00. The van der Waals surface area contributed by atoms with E-state index in [1.807, 2.05) is 54.6 Å². The van der Waals surface area contributed by atoms with Crippen LogP contribution in [0.1, 0.15) is 5.56 Å². The van der Waals surface area contributed by atoms with Gasteiger partial charge >= 0.3 is 0 Å². The van der Waals surface area contributed by atoms with Gasteiger partial charge in [0.1, 0.15) is 7.85 Å². The van der Waals surface area contributed by atoms with Crippen LogP contribution in [0.4, 0.5) is 5.69 Å². The van der Waals surface area contributed by atoms with Gasteiger partial charge in [-0.2, -0.15) is 0 Å². The Morgan fingerprint density at radius 3 is 2.19 bits per heavy atom. The number of para-hydroxylation sites is 1. The zero-order valence-corrected chi connectivity index (χ0v) is 8.98. The first-order chi connectivity index (χ1) is 7.75. The molecule has 0 amide bonds. The van der Waals surface area contributed by atoms with Crippen LogP contribution >= 0.6 is 0 Å². The van der Waals surface area contributed by atoms with Gasteiger partial charge in [-0.15, -0.1) is 0 Å². The fourth-order valence-electron chi connectivity index (χ4n) is 1.45. The SMILES string of the molecule is [B]c1ccc(C(=C)Nc2ccccc2)cc1. The van der Waals surface area contributed by atoms with E-state index in [9.17, 15) is 0 Å². The van der Waals surface area contributed by atoms with Crippen molar-refractivity contribution in [1.29, 1.82) is 0 Å². The molecule has 0 saturated carbocycles. The maximum absolute atomic E-state index is 5.63. The second kappa shape index (κ2) is 4.71. The zero-order valence-electron chi connectivity index (χ0n) is 8.98. The van der Waals surface area contributed by atoms with E-state index in [1.54, 1.807) is 0 Å². The van der Waals surface area contributed by atoms with E-state index in [0.717, 1.165) is 22.4 Å². The van der Waals surface area contributed by atoms with Crippen molar-refractivity contribution in [2.75, 3.05) is 5.32 Å². The van der Waals surface area contributed by atoms with Gasteiger partial charge in [-0.05, 0) is 17.7 Å². The third-order valence-corrected chi connectivity index (χ3v) is 2.33. The van der Waals surface area contributed by atoms with Crippen molar-refractivity contribution < 1.29 is 0 Å². The van der Waals surface area contributed by atoms with Crippen molar-refractivity contribution >= 4 is 24.7 Å². The lowest BCUT2D eigenvalue weighted by molar-refractivity contribution is 1.55. The predicted molar refractivity (Wildman–Crippen MR) is 70.9 cm³/mol. The van der Waals surface area contributed by atoms with Crippen LogP contribution in [0, 0.1) is 0 Å². The van der Waals surface area contributed by atoms with E-state index < -0.39 is 0 Å². The third kappa shape index (κ3) is 2.54. The van der Waals surface area contributed by atoms with Crippen molar-refractivity contribution in [2.45, 2.75) is 0 Å². The van der Waals surface area contributed by atoms with Crippen LogP contribution in [0.25, 0.3) is 5.70 Å². The smallest absolute Gasteiger partial charge is 0.113 e. The Balaban J connectivity index is 2.12. The lowest BCUT2D eigenvalue weighted by Gasteiger charge is -2.09. The molecule has 0 fully saturated rings. The van der Waals surface area contributed by atoms with E-state index in [4.69, 9.17) is 7.85 Å². The zero-order chi connectivity index (χ0) is 11.4. The Labute approximate surface area is 97.2 Å². The van der Waals surface area contributed by atoms with Crippen molar-refractivity contribution in [1.82, 2.24) is 0 Å². The summed E-state index contributed by atoms with van der Waals surface area (Å²) in [4.78, 5) is 0. The van der Waals surface area contributed by atoms with E-state index in [2.05, 4.69) is 11.9 Å². The predicted octanol–water partition coefficient (Wildman–Crippen LogP) is 2.56. The first kappa shape index (κ1) is 10.6. The molecule has 0 aliphatic rings. The molecule has 0 heterocycles. The van der Waals surface area contributed by atoms with Gasteiger partial charge in [0.15, 0.2) is 0 Å². The van der Waals surface area contributed by atoms with Crippen LogP contribution in [-0.4, -0.2) is 7.85 Å². The molecule has 0 aliphatic heterocycles. The average Bonchev–Trinajstić information content (AvgIpc) is 2.31. The minimum absolute atomic E-state index is 0.760. The van der Waals surface area contributed by atoms with Gasteiger partial charge in [0.25, 0.3) is 0 Å². The number of hydrogen-bond acceptors (Lipinski definition) is 1. The average molecular weight is 205 g/mol. The summed E-state index contributed by atoms with van der Waals surface area (Å²) in [5.41, 5.74) is 3.70. The van der Waals surface area contributed by atoms with Gasteiger partial charge in [0.05, 0.1) is 0 Å². The molecule has 0 spiro atoms. The van der Waals surface area contributed by atoms with Crippen LogP contribution in [0.3, 0.4) is 0 Å². The summed E-state index contributed by atoms with van der Waals surface area (Å²) >= 11 is 0. The highest BCUT2D eigenvalue weighted by molar-refractivity contribution is 6.32. The Morgan fingerprint density at radius 1 is 0.938 bits per heavy atom. The summed E-state index contributed by atoms with van der Waals surface area (Å²) in [5, 5.41) is 3.24. The Morgan fingerprint density at radius 2 is 1.56 bits per heavy atom. The van der Waals surface area contributed by atoms with Gasteiger partial charge < -0.3 is 5.32 Å². The molecule has 0 unspecified atom stereocenters. The fraction of sp³-hybridized carbons (Fsp3) is 0. The highest BCUT2D eigenvalue weighted by Crippen LogP contribution is 2.15. The summed E-state index contributed by atoms with van der Waals surface area (Å²) in [5.74, 6) is 0.